The first-order valence-electron chi connectivity index (χ1n) is 9.15. The molecule has 0 aliphatic carbocycles. The van der Waals surface area contributed by atoms with Crippen LogP contribution in [-0.2, 0) is 6.54 Å². The van der Waals surface area contributed by atoms with Crippen molar-refractivity contribution in [1.29, 1.82) is 0 Å². The van der Waals surface area contributed by atoms with Crippen LogP contribution in [-0.4, -0.2) is 24.4 Å². The van der Waals surface area contributed by atoms with E-state index in [0.29, 0.717) is 5.56 Å². The van der Waals surface area contributed by atoms with Gasteiger partial charge in [0.1, 0.15) is 0 Å². The maximum absolute atomic E-state index is 12.3. The Hall–Kier alpha value is -2.83. The van der Waals surface area contributed by atoms with Crippen LogP contribution in [0.5, 0.6) is 0 Å². The lowest BCUT2D eigenvalue weighted by Crippen LogP contribution is -2.18. The molecule has 3 nitrogen and oxygen atoms in total. The van der Waals surface area contributed by atoms with E-state index in [9.17, 15) is 4.79 Å². The molecule has 0 bridgehead atoms. The summed E-state index contributed by atoms with van der Waals surface area (Å²) in [6.07, 6.45) is 3.98. The van der Waals surface area contributed by atoms with Gasteiger partial charge in [0.15, 0.2) is 0 Å². The summed E-state index contributed by atoms with van der Waals surface area (Å²) in [5.74, 6) is 6.18. The number of anilines is 1. The molecule has 0 saturated carbocycles. The van der Waals surface area contributed by atoms with Crippen molar-refractivity contribution in [3.8, 4) is 11.8 Å². The van der Waals surface area contributed by atoms with Crippen molar-refractivity contribution < 1.29 is 4.79 Å². The topological polar surface area (TPSA) is 32.3 Å². The molecule has 1 N–H and O–H groups in total. The molecule has 1 amide bonds. The highest BCUT2D eigenvalue weighted by Crippen LogP contribution is 2.14. The maximum Gasteiger partial charge on any atom is 0.255 e. The number of nitrogens with zero attached hydrogens (tertiary/aromatic N) is 1. The summed E-state index contributed by atoms with van der Waals surface area (Å²) in [5, 5.41) is 2.96. The molecular weight excluding hydrogens is 332 g/mol. The van der Waals surface area contributed by atoms with Crippen LogP contribution in [0.3, 0.4) is 0 Å². The minimum atomic E-state index is -0.0959. The summed E-state index contributed by atoms with van der Waals surface area (Å²) in [6, 6.07) is 17.2. The van der Waals surface area contributed by atoms with Gasteiger partial charge >= 0.3 is 0 Å². The van der Waals surface area contributed by atoms with Gasteiger partial charge < -0.3 is 5.32 Å². The molecule has 0 aliphatic rings. The second-order valence-corrected chi connectivity index (χ2v) is 7.64. The molecule has 0 heterocycles. The largest absolute Gasteiger partial charge is 0.322 e. The first-order chi connectivity index (χ1) is 12.8. The highest BCUT2D eigenvalue weighted by atomic mass is 16.1. The number of nitrogens with one attached hydrogen (secondary N) is 1. The fourth-order valence-corrected chi connectivity index (χ4v) is 2.47. The zero-order valence-corrected chi connectivity index (χ0v) is 16.6. The lowest BCUT2D eigenvalue weighted by Gasteiger charge is -2.15. The van der Waals surface area contributed by atoms with Crippen LogP contribution >= 0.6 is 0 Å². The maximum atomic E-state index is 12.3. The van der Waals surface area contributed by atoms with Crippen LogP contribution in [0.25, 0.3) is 0 Å². The highest BCUT2D eigenvalue weighted by Gasteiger charge is 2.06. The van der Waals surface area contributed by atoms with E-state index in [4.69, 9.17) is 0 Å². The standard InChI is InChI=1S/C24H28N2O/c1-24(2,3)16-9-6-10-17-26(4)19-20-12-11-15-22(18-20)25-23(27)21-13-7-5-8-14-21/h5-8,10-15,18H,17,19H2,1-4H3,(H,25,27). The molecular formula is C24H28N2O. The Bertz CT molecular complexity index is 836. The molecule has 0 atom stereocenters. The van der Waals surface area contributed by atoms with Gasteiger partial charge in [0.25, 0.3) is 5.91 Å². The van der Waals surface area contributed by atoms with Crippen LogP contribution in [0, 0.1) is 17.3 Å². The van der Waals surface area contributed by atoms with Crippen LogP contribution < -0.4 is 5.32 Å². The average molecular weight is 361 g/mol. The molecule has 27 heavy (non-hydrogen) atoms. The van der Waals surface area contributed by atoms with Crippen LogP contribution in [0.2, 0.25) is 0 Å². The number of amides is 1. The van der Waals surface area contributed by atoms with Crippen molar-refractivity contribution >= 4 is 11.6 Å². The predicted molar refractivity (Wildman–Crippen MR) is 114 cm³/mol. The average Bonchev–Trinajstić information content (AvgIpc) is 2.61. The first kappa shape index (κ1) is 20.5. The quantitative estimate of drug-likeness (QED) is 0.737. The van der Waals surface area contributed by atoms with E-state index in [0.717, 1.165) is 24.3 Å². The fourth-order valence-electron chi connectivity index (χ4n) is 2.47. The van der Waals surface area contributed by atoms with E-state index in [-0.39, 0.29) is 11.3 Å². The van der Waals surface area contributed by atoms with E-state index in [1.54, 1.807) is 0 Å². The number of hydrogen-bond donors (Lipinski definition) is 1. The van der Waals surface area contributed by atoms with Crippen LogP contribution in [0.1, 0.15) is 36.7 Å². The summed E-state index contributed by atoms with van der Waals surface area (Å²) in [7, 11) is 2.07. The number of hydrogen-bond acceptors (Lipinski definition) is 2. The van der Waals surface area contributed by atoms with E-state index in [1.165, 1.54) is 0 Å². The molecule has 0 fully saturated rings. The van der Waals surface area contributed by atoms with Gasteiger partial charge in [-0.1, -0.05) is 48.2 Å². The molecule has 2 rings (SSSR count). The monoisotopic (exact) mass is 360 g/mol. The summed E-state index contributed by atoms with van der Waals surface area (Å²) < 4.78 is 0. The second-order valence-electron chi connectivity index (χ2n) is 7.64. The molecule has 0 unspecified atom stereocenters. The van der Waals surface area contributed by atoms with Crippen molar-refractivity contribution in [3.05, 3.63) is 77.9 Å². The van der Waals surface area contributed by atoms with Gasteiger partial charge in [-0.15, -0.1) is 0 Å². The SMILES string of the molecule is CN(CC=CC#CC(C)(C)C)Cc1cccc(NC(=O)c2ccccc2)c1. The van der Waals surface area contributed by atoms with E-state index in [1.807, 2.05) is 54.6 Å². The molecule has 0 aromatic heterocycles. The molecule has 0 aliphatic heterocycles. The summed E-state index contributed by atoms with van der Waals surface area (Å²) >= 11 is 0. The van der Waals surface area contributed by atoms with Gasteiger partial charge in [-0.3, -0.25) is 9.69 Å². The predicted octanol–water partition coefficient (Wildman–Crippen LogP) is 4.98. The molecule has 0 saturated heterocycles. The summed E-state index contributed by atoms with van der Waals surface area (Å²) in [6.45, 7) is 7.92. The third-order valence-corrected chi connectivity index (χ3v) is 3.74. The third-order valence-electron chi connectivity index (χ3n) is 3.74. The molecule has 0 spiro atoms. The van der Waals surface area contributed by atoms with Crippen LogP contribution in [0.4, 0.5) is 5.69 Å². The van der Waals surface area contributed by atoms with E-state index < -0.39 is 0 Å². The smallest absolute Gasteiger partial charge is 0.255 e. The Balaban J connectivity index is 1.90. The molecule has 0 radical (unpaired) electrons. The number of carbonyl (C=O) groups is 1. The van der Waals surface area contributed by atoms with Gasteiger partial charge in [-0.25, -0.2) is 0 Å². The highest BCUT2D eigenvalue weighted by molar-refractivity contribution is 6.04. The molecule has 3 heteroatoms. The van der Waals surface area contributed by atoms with Crippen LogP contribution in [0.15, 0.2) is 66.7 Å². The number of benzene rings is 2. The zero-order chi connectivity index (χ0) is 19.7. The van der Waals surface area contributed by atoms with Gasteiger partial charge in [0.05, 0.1) is 0 Å². The lowest BCUT2D eigenvalue weighted by molar-refractivity contribution is 0.102. The lowest BCUT2D eigenvalue weighted by atomic mass is 9.98. The van der Waals surface area contributed by atoms with Gasteiger partial charge in [-0.2, -0.15) is 0 Å². The Morgan fingerprint density at radius 3 is 2.56 bits per heavy atom. The number of carbonyl (C=O) groups excluding carboxylic acids is 1. The van der Waals surface area contributed by atoms with Crippen molar-refractivity contribution in [1.82, 2.24) is 4.90 Å². The van der Waals surface area contributed by atoms with Gasteiger partial charge in [0.2, 0.25) is 0 Å². The number of likely N-dealkylation sites (N-methyl/N-ethyl adjacent to an activating group) is 1. The second kappa shape index (κ2) is 9.75. The molecule has 2 aromatic rings. The Labute approximate surface area is 163 Å². The van der Waals surface area contributed by atoms with Crippen molar-refractivity contribution in [2.24, 2.45) is 5.41 Å². The zero-order valence-electron chi connectivity index (χ0n) is 16.6. The first-order valence-corrected chi connectivity index (χ1v) is 9.15. The number of rotatable bonds is 6. The third kappa shape index (κ3) is 7.94. The Kier molecular flexibility index (Phi) is 7.40. The van der Waals surface area contributed by atoms with Crippen molar-refractivity contribution in [2.45, 2.75) is 27.3 Å². The minimum Gasteiger partial charge on any atom is -0.322 e. The van der Waals surface area contributed by atoms with E-state index >= 15 is 0 Å². The van der Waals surface area contributed by atoms with Gasteiger partial charge in [-0.05, 0) is 63.7 Å². The Morgan fingerprint density at radius 1 is 1.11 bits per heavy atom. The van der Waals surface area contributed by atoms with Crippen molar-refractivity contribution in [3.63, 3.8) is 0 Å². The van der Waals surface area contributed by atoms with Gasteiger partial charge in [0, 0.05) is 29.8 Å². The summed E-state index contributed by atoms with van der Waals surface area (Å²) in [4.78, 5) is 14.5. The normalized spacial score (nSPS) is 11.3. The molecule has 140 valence electrons. The fraction of sp³-hybridized carbons (Fsp3) is 0.292. The summed E-state index contributed by atoms with van der Waals surface area (Å²) in [5.41, 5.74) is 2.64. The Morgan fingerprint density at radius 2 is 1.85 bits per heavy atom. The molecule has 2 aromatic carbocycles. The van der Waals surface area contributed by atoms with E-state index in [2.05, 4.69) is 62.0 Å². The number of allylic oxidation sites excluding steroid dienone is 1. The van der Waals surface area contributed by atoms with Crippen molar-refractivity contribution in [2.75, 3.05) is 18.9 Å². The minimum absolute atomic E-state index is 0.0286.